The number of amides is 1. The summed E-state index contributed by atoms with van der Waals surface area (Å²) in [5, 5.41) is 11.9. The van der Waals surface area contributed by atoms with Crippen LogP contribution >= 0.6 is 0 Å². The molecule has 0 heterocycles. The van der Waals surface area contributed by atoms with Crippen LogP contribution in [0.25, 0.3) is 0 Å². The Hall–Kier alpha value is -2.10. The summed E-state index contributed by atoms with van der Waals surface area (Å²) in [6.45, 7) is 0.780. The highest BCUT2D eigenvalue weighted by molar-refractivity contribution is 5.87. The summed E-state index contributed by atoms with van der Waals surface area (Å²) in [6.07, 6.45) is 9.53. The van der Waals surface area contributed by atoms with Crippen LogP contribution in [0.2, 0.25) is 0 Å². The molecule has 0 spiro atoms. The molecule has 4 heteroatoms. The minimum absolute atomic E-state index is 0.0812. The van der Waals surface area contributed by atoms with Crippen molar-refractivity contribution in [2.24, 2.45) is 17.8 Å². The molecule has 3 atom stereocenters. The van der Waals surface area contributed by atoms with Gasteiger partial charge in [0.15, 0.2) is 0 Å². The Bertz CT molecular complexity index is 606. The predicted octanol–water partition coefficient (Wildman–Crippen LogP) is 3.04. The molecule has 1 aromatic rings. The highest BCUT2D eigenvalue weighted by Gasteiger charge is 2.31. The van der Waals surface area contributed by atoms with Crippen molar-refractivity contribution in [3.63, 3.8) is 0 Å². The first-order valence-corrected chi connectivity index (χ1v) is 8.39. The first kappa shape index (κ1) is 15.8. The van der Waals surface area contributed by atoms with Crippen LogP contribution in [0, 0.1) is 17.8 Å². The number of nitrogens with one attached hydrogen (secondary N) is 1. The molecule has 122 valence electrons. The Kier molecular flexibility index (Phi) is 4.79. The summed E-state index contributed by atoms with van der Waals surface area (Å²) in [6, 6.07) is 6.73. The van der Waals surface area contributed by atoms with Gasteiger partial charge in [-0.2, -0.15) is 0 Å². The molecule has 2 bridgehead atoms. The Morgan fingerprint density at radius 2 is 1.91 bits per heavy atom. The minimum atomic E-state index is -0.926. The van der Waals surface area contributed by atoms with Gasteiger partial charge in [-0.1, -0.05) is 24.3 Å². The van der Waals surface area contributed by atoms with Crippen LogP contribution in [0.4, 0.5) is 0 Å². The second-order valence-electron chi connectivity index (χ2n) is 6.69. The summed E-state index contributed by atoms with van der Waals surface area (Å²) in [4.78, 5) is 22.8. The molecule has 4 rings (SSSR count). The van der Waals surface area contributed by atoms with Crippen molar-refractivity contribution >= 4 is 11.9 Å². The maximum atomic E-state index is 12.0. The highest BCUT2D eigenvalue weighted by atomic mass is 16.4. The second kappa shape index (κ2) is 6.99. The number of carbonyl (C=O) groups excluding carboxylic acids is 1. The molecular formula is C19H23NO3. The van der Waals surface area contributed by atoms with E-state index < -0.39 is 5.97 Å². The van der Waals surface area contributed by atoms with E-state index in [1.54, 1.807) is 24.3 Å². The van der Waals surface area contributed by atoms with Gasteiger partial charge in [-0.3, -0.25) is 4.79 Å². The number of fused-ring (bicyclic) bond motifs is 2. The summed E-state index contributed by atoms with van der Waals surface area (Å²) >= 11 is 0. The van der Waals surface area contributed by atoms with E-state index in [2.05, 4.69) is 17.5 Å². The molecule has 2 N–H and O–H groups in total. The average Bonchev–Trinajstić information content (AvgIpc) is 2.59. The van der Waals surface area contributed by atoms with Gasteiger partial charge < -0.3 is 10.4 Å². The van der Waals surface area contributed by atoms with Crippen LogP contribution in [0.1, 0.15) is 41.6 Å². The van der Waals surface area contributed by atoms with E-state index in [0.717, 1.165) is 18.0 Å². The lowest BCUT2D eigenvalue weighted by atomic mass is 9.69. The molecule has 1 aromatic carbocycles. The zero-order valence-electron chi connectivity index (χ0n) is 13.2. The van der Waals surface area contributed by atoms with Crippen LogP contribution in [0.15, 0.2) is 36.4 Å². The van der Waals surface area contributed by atoms with Crippen molar-refractivity contribution < 1.29 is 14.7 Å². The molecule has 4 nitrogen and oxygen atoms in total. The first-order chi connectivity index (χ1) is 11.1. The number of carboxylic acid groups (broad SMARTS) is 1. The van der Waals surface area contributed by atoms with Gasteiger partial charge in [-0.15, -0.1) is 0 Å². The highest BCUT2D eigenvalue weighted by Crippen LogP contribution is 2.39. The maximum Gasteiger partial charge on any atom is 0.335 e. The third-order valence-corrected chi connectivity index (χ3v) is 5.12. The minimum Gasteiger partial charge on any atom is -0.478 e. The number of aryl methyl sites for hydroxylation is 1. The topological polar surface area (TPSA) is 66.4 Å². The molecule has 0 radical (unpaired) electrons. The van der Waals surface area contributed by atoms with E-state index >= 15 is 0 Å². The van der Waals surface area contributed by atoms with Gasteiger partial charge in [0.05, 0.1) is 5.56 Å². The van der Waals surface area contributed by atoms with Gasteiger partial charge >= 0.3 is 5.97 Å². The number of rotatable bonds is 6. The predicted molar refractivity (Wildman–Crippen MR) is 88.2 cm³/mol. The van der Waals surface area contributed by atoms with Crippen LogP contribution in [-0.4, -0.2) is 23.5 Å². The number of allylic oxidation sites excluding steroid dienone is 2. The third kappa shape index (κ3) is 4.01. The lowest BCUT2D eigenvalue weighted by Gasteiger charge is -2.38. The molecule has 1 saturated carbocycles. The van der Waals surface area contributed by atoms with Crippen molar-refractivity contribution in [2.75, 3.05) is 6.54 Å². The fourth-order valence-corrected chi connectivity index (χ4v) is 3.69. The summed E-state index contributed by atoms with van der Waals surface area (Å²) in [7, 11) is 0. The zero-order chi connectivity index (χ0) is 16.2. The molecule has 3 unspecified atom stereocenters. The molecule has 1 amide bonds. The Balaban J connectivity index is 1.41. The summed E-state index contributed by atoms with van der Waals surface area (Å²) in [5.41, 5.74) is 1.27. The second-order valence-corrected chi connectivity index (χ2v) is 6.69. The normalized spacial score (nSPS) is 25.3. The number of carboxylic acids is 1. The van der Waals surface area contributed by atoms with Crippen molar-refractivity contribution in [2.45, 2.75) is 32.1 Å². The Morgan fingerprint density at radius 3 is 2.48 bits per heavy atom. The lowest BCUT2D eigenvalue weighted by Crippen LogP contribution is -2.37. The third-order valence-electron chi connectivity index (χ3n) is 5.12. The fourth-order valence-electron chi connectivity index (χ4n) is 3.69. The standard InChI is InChI=1S/C19H23NO3/c21-18(10-5-13-1-8-16(9-2-13)19(22)23)20-12-17-11-14-3-6-15(17)7-4-14/h1-3,6,8-9,14-15,17H,4-5,7,10-12H2,(H,20,21)(H,22,23). The van der Waals surface area contributed by atoms with Gasteiger partial charge in [0.2, 0.25) is 5.91 Å². The molecular weight excluding hydrogens is 290 g/mol. The maximum absolute atomic E-state index is 12.0. The largest absolute Gasteiger partial charge is 0.478 e. The quantitative estimate of drug-likeness (QED) is 0.793. The van der Waals surface area contributed by atoms with Gasteiger partial charge in [-0.25, -0.2) is 4.79 Å². The lowest BCUT2D eigenvalue weighted by molar-refractivity contribution is -0.121. The van der Waals surface area contributed by atoms with E-state index in [9.17, 15) is 9.59 Å². The van der Waals surface area contributed by atoms with Crippen molar-refractivity contribution in [1.82, 2.24) is 5.32 Å². The fraction of sp³-hybridized carbons (Fsp3) is 0.474. The smallest absolute Gasteiger partial charge is 0.335 e. The Morgan fingerprint density at radius 1 is 1.13 bits per heavy atom. The Labute approximate surface area is 136 Å². The molecule has 1 fully saturated rings. The average molecular weight is 313 g/mol. The van der Waals surface area contributed by atoms with E-state index in [-0.39, 0.29) is 11.5 Å². The van der Waals surface area contributed by atoms with Crippen LogP contribution in [0.5, 0.6) is 0 Å². The molecule has 0 saturated heterocycles. The molecule has 3 aliphatic rings. The van der Waals surface area contributed by atoms with Gasteiger partial charge in [0.25, 0.3) is 0 Å². The molecule has 23 heavy (non-hydrogen) atoms. The van der Waals surface area contributed by atoms with Crippen LogP contribution < -0.4 is 5.32 Å². The van der Waals surface area contributed by atoms with E-state index in [1.165, 1.54) is 19.3 Å². The number of benzene rings is 1. The molecule has 3 aliphatic carbocycles. The summed E-state index contributed by atoms with van der Waals surface area (Å²) < 4.78 is 0. The van der Waals surface area contributed by atoms with E-state index in [1.807, 2.05) is 0 Å². The van der Waals surface area contributed by atoms with Gasteiger partial charge in [0, 0.05) is 13.0 Å². The number of aromatic carboxylic acids is 1. The zero-order valence-corrected chi connectivity index (χ0v) is 13.2. The SMILES string of the molecule is O=C(CCc1ccc(C(=O)O)cc1)NCC1CC2C=CC1CC2. The number of carbonyl (C=O) groups is 2. The molecule has 0 aromatic heterocycles. The monoisotopic (exact) mass is 313 g/mol. The van der Waals surface area contributed by atoms with Gasteiger partial charge in [-0.05, 0) is 61.1 Å². The van der Waals surface area contributed by atoms with E-state index in [0.29, 0.717) is 24.7 Å². The van der Waals surface area contributed by atoms with Gasteiger partial charge in [0.1, 0.15) is 0 Å². The summed E-state index contributed by atoms with van der Waals surface area (Å²) in [5.74, 6) is 1.11. The number of hydrogen-bond acceptors (Lipinski definition) is 2. The van der Waals surface area contributed by atoms with Crippen molar-refractivity contribution in [3.8, 4) is 0 Å². The number of hydrogen-bond donors (Lipinski definition) is 2. The van der Waals surface area contributed by atoms with Crippen LogP contribution in [-0.2, 0) is 11.2 Å². The van der Waals surface area contributed by atoms with E-state index in [4.69, 9.17) is 5.11 Å². The first-order valence-electron chi connectivity index (χ1n) is 8.39. The van der Waals surface area contributed by atoms with Crippen molar-refractivity contribution in [3.05, 3.63) is 47.5 Å². The van der Waals surface area contributed by atoms with Crippen molar-refractivity contribution in [1.29, 1.82) is 0 Å². The van der Waals surface area contributed by atoms with Crippen LogP contribution in [0.3, 0.4) is 0 Å². The molecule has 0 aliphatic heterocycles.